The number of cyclic esters (lactones) is 1. The molecule has 2 amide bonds. The van der Waals surface area contributed by atoms with Gasteiger partial charge in [0.15, 0.2) is 0 Å². The third kappa shape index (κ3) is 3.90. The second kappa shape index (κ2) is 7.89. The van der Waals surface area contributed by atoms with E-state index in [1.165, 1.54) is 40.9 Å². The second-order valence-corrected chi connectivity index (χ2v) is 7.42. The van der Waals surface area contributed by atoms with Crippen LogP contribution in [0.4, 0.5) is 13.6 Å². The molecule has 1 N–H and O–H groups in total. The van der Waals surface area contributed by atoms with E-state index >= 15 is 4.39 Å². The molecule has 0 radical (unpaired) electrons. The number of benzene rings is 1. The lowest BCUT2D eigenvalue weighted by molar-refractivity contribution is -0.119. The predicted octanol–water partition coefficient (Wildman–Crippen LogP) is 1.84. The van der Waals surface area contributed by atoms with Gasteiger partial charge in [0.25, 0.3) is 0 Å². The molecule has 1 unspecified atom stereocenters. The number of hydrogen-bond acceptors (Lipinski definition) is 6. The van der Waals surface area contributed by atoms with Crippen molar-refractivity contribution < 1.29 is 23.1 Å². The summed E-state index contributed by atoms with van der Waals surface area (Å²) < 4.78 is 34.4. The van der Waals surface area contributed by atoms with Crippen molar-refractivity contribution in [2.24, 2.45) is 7.05 Å². The number of halogens is 2. The number of nitrogens with one attached hydrogen (secondary N) is 1. The van der Waals surface area contributed by atoms with Crippen LogP contribution in [0.1, 0.15) is 24.7 Å². The molecule has 0 bridgehead atoms. The van der Waals surface area contributed by atoms with E-state index in [0.29, 0.717) is 5.56 Å². The summed E-state index contributed by atoms with van der Waals surface area (Å²) in [5.74, 6) is -1.18. The zero-order chi connectivity index (χ0) is 22.2. The first kappa shape index (κ1) is 20.6. The number of allylic oxidation sites excluding steroid dienone is 2. The summed E-state index contributed by atoms with van der Waals surface area (Å²) in [5.41, 5.74) is -0.791. The Bertz CT molecular complexity index is 1100. The van der Waals surface area contributed by atoms with Crippen LogP contribution in [0.2, 0.25) is 0 Å². The number of carbonyl (C=O) groups excluding carboxylic acids is 2. The van der Waals surface area contributed by atoms with Crippen molar-refractivity contribution in [3.63, 3.8) is 0 Å². The van der Waals surface area contributed by atoms with E-state index in [2.05, 4.69) is 20.7 Å². The molecule has 11 heteroatoms. The van der Waals surface area contributed by atoms with Crippen LogP contribution in [-0.4, -0.2) is 56.3 Å². The number of aryl methyl sites for hydroxylation is 1. The summed E-state index contributed by atoms with van der Waals surface area (Å²) >= 11 is 0. The van der Waals surface area contributed by atoms with E-state index < -0.39 is 29.4 Å². The number of hydrogen-bond donors (Lipinski definition) is 1. The highest BCUT2D eigenvalue weighted by Crippen LogP contribution is 2.43. The predicted molar refractivity (Wildman–Crippen MR) is 104 cm³/mol. The SMILES string of the molecule is CC(=O)NC[C@H]1CN(C2(c3nnn(C)n3)C=CC(c3cccc(F)c3)=C(F)C2)C(=O)O1. The molecular formula is C20H20F2N6O3. The lowest BCUT2D eigenvalue weighted by atomic mass is 9.83. The largest absolute Gasteiger partial charge is 0.442 e. The van der Waals surface area contributed by atoms with E-state index in [9.17, 15) is 14.0 Å². The lowest BCUT2D eigenvalue weighted by Gasteiger charge is -2.37. The third-order valence-corrected chi connectivity index (χ3v) is 5.21. The van der Waals surface area contributed by atoms with Crippen molar-refractivity contribution in [3.8, 4) is 0 Å². The lowest BCUT2D eigenvalue weighted by Crippen LogP contribution is -2.48. The molecule has 1 aromatic heterocycles. The minimum Gasteiger partial charge on any atom is -0.442 e. The fraction of sp³-hybridized carbons (Fsp3) is 0.350. The molecule has 1 aromatic carbocycles. The van der Waals surface area contributed by atoms with Crippen LogP contribution in [0.25, 0.3) is 5.57 Å². The first-order valence-electron chi connectivity index (χ1n) is 9.59. The Hall–Kier alpha value is -3.63. The molecule has 2 atom stereocenters. The zero-order valence-corrected chi connectivity index (χ0v) is 16.9. The summed E-state index contributed by atoms with van der Waals surface area (Å²) in [5, 5.41) is 14.7. The molecule has 31 heavy (non-hydrogen) atoms. The first-order chi connectivity index (χ1) is 14.8. The van der Waals surface area contributed by atoms with Gasteiger partial charge in [-0.1, -0.05) is 18.2 Å². The van der Waals surface area contributed by atoms with Crippen molar-refractivity contribution in [1.29, 1.82) is 0 Å². The Balaban J connectivity index is 1.70. The number of amides is 2. The van der Waals surface area contributed by atoms with Crippen molar-refractivity contribution in [1.82, 2.24) is 30.4 Å². The molecule has 9 nitrogen and oxygen atoms in total. The number of tetrazole rings is 1. The van der Waals surface area contributed by atoms with Crippen molar-refractivity contribution in [2.75, 3.05) is 13.1 Å². The number of nitrogens with zero attached hydrogens (tertiary/aromatic N) is 5. The van der Waals surface area contributed by atoms with E-state index in [4.69, 9.17) is 4.74 Å². The van der Waals surface area contributed by atoms with Crippen LogP contribution in [0.5, 0.6) is 0 Å². The number of carbonyl (C=O) groups is 2. The zero-order valence-electron chi connectivity index (χ0n) is 16.9. The van der Waals surface area contributed by atoms with E-state index in [1.807, 2.05) is 0 Å². The van der Waals surface area contributed by atoms with Crippen LogP contribution < -0.4 is 5.32 Å². The maximum Gasteiger partial charge on any atom is 0.411 e. The Labute approximate surface area is 176 Å². The van der Waals surface area contributed by atoms with Gasteiger partial charge in [0, 0.05) is 18.9 Å². The molecule has 1 aliphatic heterocycles. The summed E-state index contributed by atoms with van der Waals surface area (Å²) in [6, 6.07) is 5.61. The van der Waals surface area contributed by atoms with Crippen LogP contribution in [0.3, 0.4) is 0 Å². The molecular weight excluding hydrogens is 410 g/mol. The topological polar surface area (TPSA) is 102 Å². The third-order valence-electron chi connectivity index (χ3n) is 5.21. The van der Waals surface area contributed by atoms with Gasteiger partial charge in [0.1, 0.15) is 23.3 Å². The highest BCUT2D eigenvalue weighted by atomic mass is 19.1. The van der Waals surface area contributed by atoms with Crippen LogP contribution in [0.15, 0.2) is 42.2 Å². The quantitative estimate of drug-likeness (QED) is 0.777. The Morgan fingerprint density at radius 1 is 1.39 bits per heavy atom. The van der Waals surface area contributed by atoms with Crippen molar-refractivity contribution in [3.05, 3.63) is 59.4 Å². The van der Waals surface area contributed by atoms with Gasteiger partial charge in [-0.3, -0.25) is 9.69 Å². The van der Waals surface area contributed by atoms with Gasteiger partial charge < -0.3 is 10.1 Å². The van der Waals surface area contributed by atoms with Gasteiger partial charge in [-0.05, 0) is 29.0 Å². The highest BCUT2D eigenvalue weighted by molar-refractivity contribution is 5.79. The Kier molecular flexibility index (Phi) is 5.25. The number of aromatic nitrogens is 4. The Morgan fingerprint density at radius 3 is 2.84 bits per heavy atom. The van der Waals surface area contributed by atoms with Crippen LogP contribution in [0, 0.1) is 5.82 Å². The van der Waals surface area contributed by atoms with E-state index in [0.717, 1.165) is 0 Å². The van der Waals surface area contributed by atoms with Gasteiger partial charge in [-0.15, -0.1) is 10.2 Å². The van der Waals surface area contributed by atoms with Gasteiger partial charge in [-0.25, -0.2) is 13.6 Å². The summed E-state index contributed by atoms with van der Waals surface area (Å²) in [6.45, 7) is 1.57. The van der Waals surface area contributed by atoms with Crippen molar-refractivity contribution >= 4 is 17.6 Å². The monoisotopic (exact) mass is 430 g/mol. The number of ether oxygens (including phenoxy) is 1. The van der Waals surface area contributed by atoms with E-state index in [-0.39, 0.29) is 36.8 Å². The maximum absolute atomic E-state index is 15.4. The smallest absolute Gasteiger partial charge is 0.411 e. The fourth-order valence-electron chi connectivity index (χ4n) is 3.74. The molecule has 162 valence electrons. The van der Waals surface area contributed by atoms with Gasteiger partial charge in [0.05, 0.1) is 20.1 Å². The molecule has 1 aliphatic carbocycles. The average molecular weight is 430 g/mol. The summed E-state index contributed by atoms with van der Waals surface area (Å²) in [4.78, 5) is 26.4. The van der Waals surface area contributed by atoms with Crippen LogP contribution in [-0.2, 0) is 22.1 Å². The molecule has 2 aliphatic rings. The maximum atomic E-state index is 15.4. The highest BCUT2D eigenvalue weighted by Gasteiger charge is 2.50. The van der Waals surface area contributed by atoms with Gasteiger partial charge in [-0.2, -0.15) is 4.80 Å². The van der Waals surface area contributed by atoms with Gasteiger partial charge in [0.2, 0.25) is 11.7 Å². The molecule has 1 saturated heterocycles. The summed E-state index contributed by atoms with van der Waals surface area (Å²) in [6.07, 6.45) is 1.51. The standard InChI is InChI=1S/C20H20F2N6O3/c1-12(29)23-10-15-11-28(19(30)31-15)20(18-24-26-27(2)25-18)7-6-16(17(22)9-20)13-4-3-5-14(21)8-13/h3-8,15H,9-11H2,1-2H3,(H,23,29)/t15-,20?/m0/s1. The van der Waals surface area contributed by atoms with Gasteiger partial charge >= 0.3 is 6.09 Å². The average Bonchev–Trinajstić information content (AvgIpc) is 3.32. The second-order valence-electron chi connectivity index (χ2n) is 7.42. The number of rotatable bonds is 5. The molecule has 2 aromatic rings. The Morgan fingerprint density at radius 2 is 2.19 bits per heavy atom. The molecule has 2 heterocycles. The normalized spacial score (nSPS) is 23.3. The summed E-state index contributed by atoms with van der Waals surface area (Å²) in [7, 11) is 1.56. The first-order valence-corrected chi connectivity index (χ1v) is 9.59. The molecule has 4 rings (SSSR count). The molecule has 0 saturated carbocycles. The minimum absolute atomic E-state index is 0.0876. The minimum atomic E-state index is -1.38. The molecule has 1 fully saturated rings. The van der Waals surface area contributed by atoms with Crippen molar-refractivity contribution in [2.45, 2.75) is 25.0 Å². The molecule has 0 spiro atoms. The fourth-order valence-corrected chi connectivity index (χ4v) is 3.74. The van der Waals surface area contributed by atoms with E-state index in [1.54, 1.807) is 19.2 Å². The van der Waals surface area contributed by atoms with Crippen LogP contribution >= 0.6 is 0 Å².